The minimum absolute atomic E-state index is 0.141. The zero-order valence-corrected chi connectivity index (χ0v) is 18.1. The van der Waals surface area contributed by atoms with Gasteiger partial charge >= 0.3 is 5.69 Å². The van der Waals surface area contributed by atoms with Crippen LogP contribution in [0.3, 0.4) is 0 Å². The average molecular weight is 424 g/mol. The van der Waals surface area contributed by atoms with E-state index in [1.165, 1.54) is 12.1 Å². The largest absolute Gasteiger partial charge is 0.370 e. The lowest BCUT2D eigenvalue weighted by atomic mass is 10.0. The maximum Gasteiger partial charge on any atom is 0.331 e. The molecule has 6 nitrogen and oxygen atoms in total. The molecule has 3 aromatic carbocycles. The molecule has 6 rings (SSSR count). The Morgan fingerprint density at radius 2 is 1.75 bits per heavy atom. The lowest BCUT2D eigenvalue weighted by Gasteiger charge is -2.23. The number of fused-ring (bicyclic) bond motifs is 2. The van der Waals surface area contributed by atoms with Crippen molar-refractivity contribution in [1.82, 2.24) is 14.5 Å². The number of rotatable bonds is 2. The molecule has 32 heavy (non-hydrogen) atoms. The summed E-state index contributed by atoms with van der Waals surface area (Å²) >= 11 is 0. The predicted octanol–water partition coefficient (Wildman–Crippen LogP) is 4.19. The maximum atomic E-state index is 12.8. The second-order valence-corrected chi connectivity index (χ2v) is 8.63. The van der Waals surface area contributed by atoms with Gasteiger partial charge in [0, 0.05) is 42.7 Å². The first-order chi connectivity index (χ1) is 15.7. The highest BCUT2D eigenvalue weighted by Gasteiger charge is 2.20. The van der Waals surface area contributed by atoms with Gasteiger partial charge in [0.2, 0.25) is 0 Å². The molecule has 0 atom stereocenters. The monoisotopic (exact) mass is 423 g/mol. The van der Waals surface area contributed by atoms with Crippen molar-refractivity contribution in [3.8, 4) is 16.8 Å². The Morgan fingerprint density at radius 3 is 2.62 bits per heavy atom. The van der Waals surface area contributed by atoms with Crippen molar-refractivity contribution in [3.05, 3.63) is 76.7 Å². The standard InChI is InChI=1S/C26H25N5O/c1-29-13-4-14-30(16-15-29)20-11-9-18(10-12-20)21-6-3-8-23-24(21)27-17-19-5-2-7-22-25(19)31(23)26(32)28-22/h2-3,5-12,17H,4,13-16H2,1H3,(H,28,32). The average Bonchev–Trinajstić information content (AvgIpc) is 2.94. The van der Waals surface area contributed by atoms with Crippen molar-refractivity contribution >= 4 is 28.6 Å². The van der Waals surface area contributed by atoms with Crippen molar-refractivity contribution < 1.29 is 0 Å². The zero-order chi connectivity index (χ0) is 21.7. The Balaban J connectivity index is 1.43. The van der Waals surface area contributed by atoms with Crippen LogP contribution in [0.1, 0.15) is 12.0 Å². The number of nitrogens with one attached hydrogen (secondary N) is 1. The lowest BCUT2D eigenvalue weighted by molar-refractivity contribution is 0.360. The molecule has 6 heteroatoms. The van der Waals surface area contributed by atoms with Crippen LogP contribution in [0.25, 0.3) is 27.8 Å². The van der Waals surface area contributed by atoms with Crippen molar-refractivity contribution in [1.29, 1.82) is 0 Å². The van der Waals surface area contributed by atoms with E-state index in [9.17, 15) is 4.79 Å². The van der Waals surface area contributed by atoms with Crippen LogP contribution in [0.5, 0.6) is 0 Å². The number of hydrogen-bond donors (Lipinski definition) is 1. The molecular formula is C26H25N5O. The topological polar surface area (TPSA) is 56.6 Å². The molecule has 1 fully saturated rings. The normalized spacial score (nSPS) is 16.1. The van der Waals surface area contributed by atoms with Gasteiger partial charge in [0.05, 0.1) is 22.4 Å². The highest BCUT2D eigenvalue weighted by molar-refractivity contribution is 6.02. The Hall–Kier alpha value is -3.64. The van der Waals surface area contributed by atoms with Gasteiger partial charge in [-0.1, -0.05) is 36.4 Å². The van der Waals surface area contributed by atoms with Gasteiger partial charge < -0.3 is 14.8 Å². The molecule has 1 saturated heterocycles. The fraction of sp³-hybridized carbons (Fsp3) is 0.231. The van der Waals surface area contributed by atoms with E-state index in [-0.39, 0.29) is 5.69 Å². The van der Waals surface area contributed by atoms with Crippen molar-refractivity contribution in [2.24, 2.45) is 4.99 Å². The number of para-hydroxylation sites is 2. The molecular weight excluding hydrogens is 398 g/mol. The summed E-state index contributed by atoms with van der Waals surface area (Å²) in [5.74, 6) is 0. The van der Waals surface area contributed by atoms with Gasteiger partial charge in [-0.2, -0.15) is 0 Å². The molecule has 3 heterocycles. The SMILES string of the molecule is CN1CCCN(c2ccc(-c3cccc4c3N=Cc3cccc5[nH]c(=O)n-4c35)cc2)CC1. The van der Waals surface area contributed by atoms with Crippen LogP contribution in [-0.2, 0) is 0 Å². The van der Waals surface area contributed by atoms with E-state index in [4.69, 9.17) is 4.99 Å². The van der Waals surface area contributed by atoms with E-state index < -0.39 is 0 Å². The summed E-state index contributed by atoms with van der Waals surface area (Å²) in [5.41, 5.74) is 7.49. The van der Waals surface area contributed by atoms with Gasteiger partial charge in [-0.3, -0.25) is 9.56 Å². The molecule has 0 bridgehead atoms. The van der Waals surface area contributed by atoms with Crippen LogP contribution in [-0.4, -0.2) is 53.9 Å². The minimum atomic E-state index is -0.141. The first-order valence-corrected chi connectivity index (χ1v) is 11.1. The molecule has 0 aliphatic carbocycles. The highest BCUT2D eigenvalue weighted by atomic mass is 16.1. The summed E-state index contributed by atoms with van der Waals surface area (Å²) in [4.78, 5) is 25.5. The third-order valence-electron chi connectivity index (χ3n) is 6.59. The number of anilines is 1. The van der Waals surface area contributed by atoms with Crippen LogP contribution in [0.15, 0.2) is 70.5 Å². The van der Waals surface area contributed by atoms with Crippen LogP contribution >= 0.6 is 0 Å². The molecule has 1 N–H and O–H groups in total. The third kappa shape index (κ3) is 3.07. The molecule has 0 radical (unpaired) electrons. The summed E-state index contributed by atoms with van der Waals surface area (Å²) < 4.78 is 1.75. The number of aromatic nitrogens is 2. The fourth-order valence-electron chi connectivity index (χ4n) is 4.89. The van der Waals surface area contributed by atoms with Crippen LogP contribution in [0.4, 0.5) is 11.4 Å². The van der Waals surface area contributed by atoms with Gasteiger partial charge in [0.15, 0.2) is 0 Å². The smallest absolute Gasteiger partial charge is 0.331 e. The molecule has 0 saturated carbocycles. The molecule has 0 amide bonds. The molecule has 4 aromatic rings. The molecule has 0 spiro atoms. The number of aromatic amines is 1. The Kier molecular flexibility index (Phi) is 4.47. The van der Waals surface area contributed by atoms with Crippen molar-refractivity contribution in [2.75, 3.05) is 38.1 Å². The summed E-state index contributed by atoms with van der Waals surface area (Å²) in [7, 11) is 2.19. The first kappa shape index (κ1) is 19.1. The molecule has 2 aliphatic rings. The second kappa shape index (κ2) is 7.50. The summed E-state index contributed by atoms with van der Waals surface area (Å²) in [6.07, 6.45) is 3.04. The summed E-state index contributed by atoms with van der Waals surface area (Å²) in [5, 5.41) is 0. The number of nitrogens with zero attached hydrogens (tertiary/aromatic N) is 4. The van der Waals surface area contributed by atoms with Crippen molar-refractivity contribution in [3.63, 3.8) is 0 Å². The van der Waals surface area contributed by atoms with E-state index in [1.54, 1.807) is 4.57 Å². The van der Waals surface area contributed by atoms with Gasteiger partial charge in [-0.25, -0.2) is 4.79 Å². The highest BCUT2D eigenvalue weighted by Crippen LogP contribution is 2.38. The fourth-order valence-corrected chi connectivity index (χ4v) is 4.89. The van der Waals surface area contributed by atoms with E-state index in [0.717, 1.165) is 65.3 Å². The number of likely N-dealkylation sites (N-methyl/N-ethyl adjacent to an activating group) is 1. The quantitative estimate of drug-likeness (QED) is 0.463. The molecule has 1 aromatic heterocycles. The Labute approximate surface area is 186 Å². The Morgan fingerprint density at radius 1 is 0.906 bits per heavy atom. The Bertz CT molecular complexity index is 1400. The maximum absolute atomic E-state index is 12.8. The lowest BCUT2D eigenvalue weighted by Crippen LogP contribution is -2.28. The van der Waals surface area contributed by atoms with Crippen LogP contribution in [0, 0.1) is 0 Å². The summed E-state index contributed by atoms with van der Waals surface area (Å²) in [6.45, 7) is 4.37. The number of aliphatic imine (C=N–C) groups is 1. The van der Waals surface area contributed by atoms with Crippen molar-refractivity contribution in [2.45, 2.75) is 6.42 Å². The number of imidazole rings is 1. The molecule has 0 unspecified atom stereocenters. The predicted molar refractivity (Wildman–Crippen MR) is 131 cm³/mol. The number of benzene rings is 3. The van der Waals surface area contributed by atoms with Gasteiger partial charge in [0.25, 0.3) is 0 Å². The van der Waals surface area contributed by atoms with Gasteiger partial charge in [-0.05, 0) is 49.8 Å². The molecule has 2 aliphatic heterocycles. The zero-order valence-electron chi connectivity index (χ0n) is 18.1. The van der Waals surface area contributed by atoms with Gasteiger partial charge in [-0.15, -0.1) is 0 Å². The first-order valence-electron chi connectivity index (χ1n) is 11.1. The van der Waals surface area contributed by atoms with Crippen LogP contribution in [0.2, 0.25) is 0 Å². The third-order valence-corrected chi connectivity index (χ3v) is 6.59. The number of hydrogen-bond acceptors (Lipinski definition) is 4. The molecule has 160 valence electrons. The number of H-pyrrole nitrogens is 1. The van der Waals surface area contributed by atoms with E-state index in [0.29, 0.717) is 0 Å². The van der Waals surface area contributed by atoms with E-state index in [2.05, 4.69) is 52.2 Å². The van der Waals surface area contributed by atoms with Crippen LogP contribution < -0.4 is 10.6 Å². The summed E-state index contributed by atoms with van der Waals surface area (Å²) in [6, 6.07) is 20.7. The van der Waals surface area contributed by atoms with Gasteiger partial charge in [0.1, 0.15) is 0 Å². The second-order valence-electron chi connectivity index (χ2n) is 8.63. The van der Waals surface area contributed by atoms with E-state index >= 15 is 0 Å². The van der Waals surface area contributed by atoms with E-state index in [1.807, 2.05) is 36.5 Å². The minimum Gasteiger partial charge on any atom is -0.370 e.